The Morgan fingerprint density at radius 3 is 1.72 bits per heavy atom. The van der Waals surface area contributed by atoms with Crippen LogP contribution in [-0.2, 0) is 14.4 Å². The number of rotatable bonds is 10. The van der Waals surface area contributed by atoms with Crippen LogP contribution >= 0.6 is 0 Å². The normalized spacial score (nSPS) is 12.3. The molecule has 0 rings (SSSR count). The highest BCUT2D eigenvalue weighted by Gasteiger charge is 2.26. The highest BCUT2D eigenvalue weighted by molar-refractivity contribution is 5.92. The van der Waals surface area contributed by atoms with E-state index in [-0.39, 0.29) is 6.42 Å². The first-order chi connectivity index (χ1) is 8.40. The molecule has 6 nitrogen and oxygen atoms in total. The van der Waals surface area contributed by atoms with Gasteiger partial charge in [-0.05, 0) is 19.3 Å². The Morgan fingerprint density at radius 2 is 1.33 bits per heavy atom. The molecule has 6 heteroatoms. The van der Waals surface area contributed by atoms with E-state index in [4.69, 9.17) is 15.3 Å². The lowest BCUT2D eigenvalue weighted by atomic mass is 9.93. The van der Waals surface area contributed by atoms with E-state index in [0.717, 1.165) is 12.8 Å². The Balaban J connectivity index is 4.15. The fraction of sp³-hybridized carbons (Fsp3) is 0.750. The molecule has 0 aliphatic rings. The van der Waals surface area contributed by atoms with Gasteiger partial charge >= 0.3 is 17.9 Å². The van der Waals surface area contributed by atoms with Gasteiger partial charge in [-0.2, -0.15) is 0 Å². The third-order valence-electron chi connectivity index (χ3n) is 2.90. The molecule has 0 saturated heterocycles. The second kappa shape index (κ2) is 8.49. The molecule has 0 amide bonds. The molecule has 0 aromatic heterocycles. The van der Waals surface area contributed by atoms with Crippen LogP contribution in [0.25, 0.3) is 0 Å². The zero-order chi connectivity index (χ0) is 14.1. The molecule has 18 heavy (non-hydrogen) atoms. The third-order valence-corrected chi connectivity index (χ3v) is 2.90. The van der Waals surface area contributed by atoms with Gasteiger partial charge in [-0.15, -0.1) is 0 Å². The molecule has 0 fully saturated rings. The van der Waals surface area contributed by atoms with E-state index in [1.54, 1.807) is 0 Å². The number of aliphatic carboxylic acids is 3. The van der Waals surface area contributed by atoms with Crippen LogP contribution in [0.4, 0.5) is 0 Å². The topological polar surface area (TPSA) is 112 Å². The summed E-state index contributed by atoms with van der Waals surface area (Å²) in [6, 6.07) is 0. The van der Waals surface area contributed by atoms with Gasteiger partial charge in [0.15, 0.2) is 5.92 Å². The van der Waals surface area contributed by atoms with Crippen molar-refractivity contribution in [3.8, 4) is 0 Å². The largest absolute Gasteiger partial charge is 0.481 e. The van der Waals surface area contributed by atoms with Crippen LogP contribution in [0, 0.1) is 11.8 Å². The van der Waals surface area contributed by atoms with E-state index < -0.39 is 29.7 Å². The summed E-state index contributed by atoms with van der Waals surface area (Å²) in [7, 11) is 0. The zero-order valence-electron chi connectivity index (χ0n) is 10.5. The van der Waals surface area contributed by atoms with Crippen LogP contribution in [0.2, 0.25) is 0 Å². The molecule has 1 atom stereocenters. The van der Waals surface area contributed by atoms with Gasteiger partial charge in [-0.1, -0.05) is 26.2 Å². The van der Waals surface area contributed by atoms with Crippen molar-refractivity contribution in [3.63, 3.8) is 0 Å². The molecule has 0 radical (unpaired) electrons. The maximum atomic E-state index is 10.9. The Kier molecular flexibility index (Phi) is 7.74. The average Bonchev–Trinajstić information content (AvgIpc) is 2.26. The number of carbonyl (C=O) groups is 3. The molecule has 0 bridgehead atoms. The first-order valence-electron chi connectivity index (χ1n) is 6.08. The molecule has 0 aliphatic carbocycles. The average molecular weight is 260 g/mol. The van der Waals surface area contributed by atoms with Crippen LogP contribution < -0.4 is 0 Å². The van der Waals surface area contributed by atoms with Crippen LogP contribution in [0.1, 0.15) is 45.4 Å². The van der Waals surface area contributed by atoms with Gasteiger partial charge in [0.25, 0.3) is 0 Å². The van der Waals surface area contributed by atoms with E-state index in [1.807, 2.05) is 6.92 Å². The monoisotopic (exact) mass is 260 g/mol. The number of hydrogen-bond acceptors (Lipinski definition) is 3. The molecule has 0 heterocycles. The van der Waals surface area contributed by atoms with Crippen molar-refractivity contribution in [2.45, 2.75) is 45.4 Å². The minimum absolute atomic E-state index is 0.0272. The van der Waals surface area contributed by atoms with Crippen molar-refractivity contribution in [3.05, 3.63) is 0 Å². The molecule has 0 aromatic rings. The second-order valence-electron chi connectivity index (χ2n) is 4.34. The number of carboxylic acids is 3. The number of carboxylic acid groups (broad SMARTS) is 3. The fourth-order valence-corrected chi connectivity index (χ4v) is 1.76. The standard InChI is InChI=1S/C12H20O6/c1-2-3-5-8(10(13)14)6-4-7-9(11(15)16)12(17)18/h8-9H,2-7H2,1H3,(H,13,14)(H,15,16)(H,17,18). The van der Waals surface area contributed by atoms with Gasteiger partial charge in [0.2, 0.25) is 0 Å². The van der Waals surface area contributed by atoms with Crippen molar-refractivity contribution in [2.24, 2.45) is 11.8 Å². The molecule has 104 valence electrons. The minimum Gasteiger partial charge on any atom is -0.481 e. The molecular formula is C12H20O6. The van der Waals surface area contributed by atoms with Crippen LogP contribution in [0.5, 0.6) is 0 Å². The van der Waals surface area contributed by atoms with Crippen LogP contribution in [-0.4, -0.2) is 33.2 Å². The summed E-state index contributed by atoms with van der Waals surface area (Å²) < 4.78 is 0. The Hall–Kier alpha value is -1.59. The Morgan fingerprint density at radius 1 is 0.833 bits per heavy atom. The van der Waals surface area contributed by atoms with E-state index >= 15 is 0 Å². The van der Waals surface area contributed by atoms with Gasteiger partial charge in [-0.3, -0.25) is 14.4 Å². The molecule has 0 saturated carbocycles. The van der Waals surface area contributed by atoms with Crippen molar-refractivity contribution in [1.29, 1.82) is 0 Å². The quantitative estimate of drug-likeness (QED) is 0.516. The van der Waals surface area contributed by atoms with E-state index in [9.17, 15) is 14.4 Å². The van der Waals surface area contributed by atoms with Gasteiger partial charge in [-0.25, -0.2) is 0 Å². The van der Waals surface area contributed by atoms with E-state index in [2.05, 4.69) is 0 Å². The first-order valence-corrected chi connectivity index (χ1v) is 6.08. The van der Waals surface area contributed by atoms with E-state index in [0.29, 0.717) is 19.3 Å². The lowest BCUT2D eigenvalue weighted by molar-refractivity contribution is -0.154. The minimum atomic E-state index is -1.44. The van der Waals surface area contributed by atoms with Gasteiger partial charge in [0.05, 0.1) is 5.92 Å². The molecule has 0 aromatic carbocycles. The van der Waals surface area contributed by atoms with E-state index in [1.165, 1.54) is 0 Å². The maximum absolute atomic E-state index is 10.9. The summed E-state index contributed by atoms with van der Waals surface area (Å²) in [5.41, 5.74) is 0. The van der Waals surface area contributed by atoms with Crippen LogP contribution in [0.3, 0.4) is 0 Å². The SMILES string of the molecule is CCCCC(CCCC(C(=O)O)C(=O)O)C(=O)O. The molecule has 0 aliphatic heterocycles. The summed E-state index contributed by atoms with van der Waals surface area (Å²) in [5.74, 6) is -5.59. The zero-order valence-corrected chi connectivity index (χ0v) is 10.5. The molecule has 0 spiro atoms. The van der Waals surface area contributed by atoms with Crippen molar-refractivity contribution in [2.75, 3.05) is 0 Å². The first kappa shape index (κ1) is 16.4. The third kappa shape index (κ3) is 6.22. The summed E-state index contributed by atoms with van der Waals surface area (Å²) >= 11 is 0. The summed E-state index contributed by atoms with van der Waals surface area (Å²) in [6.45, 7) is 1.96. The van der Waals surface area contributed by atoms with Crippen molar-refractivity contribution in [1.82, 2.24) is 0 Å². The highest BCUT2D eigenvalue weighted by Crippen LogP contribution is 2.19. The lowest BCUT2D eigenvalue weighted by Gasteiger charge is -2.12. The Labute approximate surface area is 106 Å². The smallest absolute Gasteiger partial charge is 0.317 e. The summed E-state index contributed by atoms with van der Waals surface area (Å²) in [6.07, 6.45) is 2.85. The molecule has 1 unspecified atom stereocenters. The van der Waals surface area contributed by atoms with Crippen LogP contribution in [0.15, 0.2) is 0 Å². The van der Waals surface area contributed by atoms with Crippen molar-refractivity contribution < 1.29 is 29.7 Å². The predicted molar refractivity (Wildman–Crippen MR) is 63.3 cm³/mol. The number of unbranched alkanes of at least 4 members (excludes halogenated alkanes) is 1. The number of hydrogen-bond donors (Lipinski definition) is 3. The molecule has 3 N–H and O–H groups in total. The van der Waals surface area contributed by atoms with Gasteiger partial charge in [0.1, 0.15) is 0 Å². The fourth-order valence-electron chi connectivity index (χ4n) is 1.76. The second-order valence-corrected chi connectivity index (χ2v) is 4.34. The Bertz CT molecular complexity index is 285. The summed E-state index contributed by atoms with van der Waals surface area (Å²) in [5, 5.41) is 26.3. The van der Waals surface area contributed by atoms with Gasteiger partial charge < -0.3 is 15.3 Å². The maximum Gasteiger partial charge on any atom is 0.317 e. The lowest BCUT2D eigenvalue weighted by Crippen LogP contribution is -2.23. The van der Waals surface area contributed by atoms with Crippen molar-refractivity contribution >= 4 is 17.9 Å². The highest BCUT2D eigenvalue weighted by atomic mass is 16.4. The summed E-state index contributed by atoms with van der Waals surface area (Å²) in [4.78, 5) is 32.2. The van der Waals surface area contributed by atoms with Gasteiger partial charge in [0, 0.05) is 0 Å². The predicted octanol–water partition coefficient (Wildman–Crippen LogP) is 1.83. The molecular weight excluding hydrogens is 240 g/mol.